The van der Waals surface area contributed by atoms with Gasteiger partial charge in [0, 0.05) is 18.7 Å². The normalized spacial score (nSPS) is 14.6. The number of carbonyl (C=O) groups excluding carboxylic acids is 3. The standard InChI is InChI=1S/C22H21N3O4/c1-15(21(27)24-19-7-3-2-6-17(19)14-23)29-22(28)16-9-11-18(12-10-16)25-13-5-4-8-20(25)26/h2-3,6-7,9-12,15H,4-5,8,13H2,1H3,(H,24,27). The van der Waals surface area contributed by atoms with Crippen molar-refractivity contribution >= 4 is 29.2 Å². The maximum atomic E-state index is 12.4. The molecule has 2 aromatic carbocycles. The fraction of sp³-hybridized carbons (Fsp3) is 0.273. The first-order valence-electron chi connectivity index (χ1n) is 9.41. The van der Waals surface area contributed by atoms with Crippen LogP contribution in [0.25, 0.3) is 0 Å². The van der Waals surface area contributed by atoms with Crippen LogP contribution in [-0.2, 0) is 14.3 Å². The van der Waals surface area contributed by atoms with Crippen LogP contribution in [0.4, 0.5) is 11.4 Å². The molecule has 3 rings (SSSR count). The Balaban J connectivity index is 1.61. The molecule has 7 heteroatoms. The molecule has 29 heavy (non-hydrogen) atoms. The highest BCUT2D eigenvalue weighted by atomic mass is 16.5. The number of anilines is 2. The Labute approximate surface area is 168 Å². The molecule has 1 fully saturated rings. The number of hydrogen-bond donors (Lipinski definition) is 1. The number of nitrogens with one attached hydrogen (secondary N) is 1. The summed E-state index contributed by atoms with van der Waals surface area (Å²) in [6.07, 6.45) is 1.35. The van der Waals surface area contributed by atoms with E-state index in [0.717, 1.165) is 18.5 Å². The first-order valence-corrected chi connectivity index (χ1v) is 9.41. The Morgan fingerprint density at radius 1 is 1.14 bits per heavy atom. The third-order valence-corrected chi connectivity index (χ3v) is 4.70. The Bertz CT molecular complexity index is 963. The number of ether oxygens (including phenoxy) is 1. The molecule has 0 spiro atoms. The van der Waals surface area contributed by atoms with Gasteiger partial charge in [0.25, 0.3) is 5.91 Å². The van der Waals surface area contributed by atoms with Crippen LogP contribution >= 0.6 is 0 Å². The number of nitriles is 1. The maximum Gasteiger partial charge on any atom is 0.338 e. The van der Waals surface area contributed by atoms with E-state index in [9.17, 15) is 14.4 Å². The lowest BCUT2D eigenvalue weighted by Gasteiger charge is -2.26. The lowest BCUT2D eigenvalue weighted by molar-refractivity contribution is -0.123. The summed E-state index contributed by atoms with van der Waals surface area (Å²) in [7, 11) is 0. The van der Waals surface area contributed by atoms with Crippen molar-refractivity contribution in [3.05, 3.63) is 59.7 Å². The van der Waals surface area contributed by atoms with Crippen molar-refractivity contribution in [3.63, 3.8) is 0 Å². The molecular weight excluding hydrogens is 370 g/mol. The number of piperidine rings is 1. The van der Waals surface area contributed by atoms with Gasteiger partial charge in [0.1, 0.15) is 6.07 Å². The van der Waals surface area contributed by atoms with Crippen LogP contribution in [0.2, 0.25) is 0 Å². The van der Waals surface area contributed by atoms with Crippen LogP contribution < -0.4 is 10.2 Å². The van der Waals surface area contributed by atoms with Crippen LogP contribution in [0.15, 0.2) is 48.5 Å². The number of para-hydroxylation sites is 1. The lowest BCUT2D eigenvalue weighted by atomic mass is 10.1. The van der Waals surface area contributed by atoms with Crippen molar-refractivity contribution < 1.29 is 19.1 Å². The largest absolute Gasteiger partial charge is 0.449 e. The summed E-state index contributed by atoms with van der Waals surface area (Å²) in [6.45, 7) is 2.13. The van der Waals surface area contributed by atoms with E-state index < -0.39 is 18.0 Å². The van der Waals surface area contributed by atoms with Gasteiger partial charge in [-0.05, 0) is 56.2 Å². The molecule has 0 bridgehead atoms. The second-order valence-electron chi connectivity index (χ2n) is 6.74. The molecule has 0 aliphatic carbocycles. The van der Waals surface area contributed by atoms with E-state index in [-0.39, 0.29) is 11.5 Å². The van der Waals surface area contributed by atoms with Crippen molar-refractivity contribution in [2.24, 2.45) is 0 Å². The molecule has 1 saturated heterocycles. The van der Waals surface area contributed by atoms with Gasteiger partial charge in [0.2, 0.25) is 5.91 Å². The molecule has 2 amide bonds. The zero-order valence-electron chi connectivity index (χ0n) is 16.1. The molecule has 1 aliphatic heterocycles. The molecule has 1 atom stereocenters. The number of nitrogens with zero attached hydrogens (tertiary/aromatic N) is 2. The highest BCUT2D eigenvalue weighted by Crippen LogP contribution is 2.22. The van der Waals surface area contributed by atoms with E-state index >= 15 is 0 Å². The van der Waals surface area contributed by atoms with E-state index in [1.807, 2.05) is 6.07 Å². The minimum atomic E-state index is -1.04. The Kier molecular flexibility index (Phi) is 6.25. The van der Waals surface area contributed by atoms with E-state index in [2.05, 4.69) is 5.32 Å². The minimum Gasteiger partial charge on any atom is -0.449 e. The van der Waals surface area contributed by atoms with Crippen molar-refractivity contribution in [3.8, 4) is 6.07 Å². The van der Waals surface area contributed by atoms with Crippen molar-refractivity contribution in [1.82, 2.24) is 0 Å². The van der Waals surface area contributed by atoms with Crippen LogP contribution in [0.3, 0.4) is 0 Å². The molecule has 1 heterocycles. The molecule has 1 unspecified atom stereocenters. The fourth-order valence-corrected chi connectivity index (χ4v) is 3.06. The minimum absolute atomic E-state index is 0.0783. The number of carbonyl (C=O) groups is 3. The third-order valence-electron chi connectivity index (χ3n) is 4.70. The number of benzene rings is 2. The van der Waals surface area contributed by atoms with E-state index in [1.54, 1.807) is 53.4 Å². The highest BCUT2D eigenvalue weighted by Gasteiger charge is 2.22. The summed E-state index contributed by atoms with van der Waals surface area (Å²) < 4.78 is 5.24. The monoisotopic (exact) mass is 391 g/mol. The molecule has 0 aromatic heterocycles. The first-order chi connectivity index (χ1) is 14.0. The fourth-order valence-electron chi connectivity index (χ4n) is 3.06. The smallest absolute Gasteiger partial charge is 0.338 e. The SMILES string of the molecule is CC(OC(=O)c1ccc(N2CCCCC2=O)cc1)C(=O)Nc1ccccc1C#N. The predicted octanol–water partition coefficient (Wildman–Crippen LogP) is 3.26. The quantitative estimate of drug-likeness (QED) is 0.789. The molecule has 7 nitrogen and oxygen atoms in total. The van der Waals surface area contributed by atoms with Gasteiger partial charge in [-0.25, -0.2) is 4.79 Å². The molecular formula is C22H21N3O4. The molecule has 0 radical (unpaired) electrons. The molecule has 1 aliphatic rings. The third kappa shape index (κ3) is 4.79. The Hall–Kier alpha value is -3.66. The Morgan fingerprint density at radius 2 is 1.86 bits per heavy atom. The van der Waals surface area contributed by atoms with Gasteiger partial charge in [-0.1, -0.05) is 12.1 Å². The number of hydrogen-bond acceptors (Lipinski definition) is 5. The van der Waals surface area contributed by atoms with Crippen LogP contribution in [-0.4, -0.2) is 30.4 Å². The van der Waals surface area contributed by atoms with Crippen molar-refractivity contribution in [1.29, 1.82) is 5.26 Å². The first kappa shape index (κ1) is 20.1. The topological polar surface area (TPSA) is 99.5 Å². The summed E-state index contributed by atoms with van der Waals surface area (Å²) in [6, 6.07) is 15.1. The molecule has 0 saturated carbocycles. The number of rotatable bonds is 5. The lowest BCUT2D eigenvalue weighted by Crippen LogP contribution is -2.35. The zero-order valence-corrected chi connectivity index (χ0v) is 16.1. The molecule has 2 aromatic rings. The average Bonchev–Trinajstić information content (AvgIpc) is 2.74. The molecule has 1 N–H and O–H groups in total. The Morgan fingerprint density at radius 3 is 2.55 bits per heavy atom. The van der Waals surface area contributed by atoms with Gasteiger partial charge in [0.05, 0.1) is 16.8 Å². The summed E-state index contributed by atoms with van der Waals surface area (Å²) in [5, 5.41) is 11.7. The van der Waals surface area contributed by atoms with Gasteiger partial charge < -0.3 is 15.0 Å². The van der Waals surface area contributed by atoms with Crippen LogP contribution in [0.5, 0.6) is 0 Å². The number of esters is 1. The van der Waals surface area contributed by atoms with Crippen molar-refractivity contribution in [2.75, 3.05) is 16.8 Å². The van der Waals surface area contributed by atoms with Crippen molar-refractivity contribution in [2.45, 2.75) is 32.3 Å². The van der Waals surface area contributed by atoms with E-state index in [0.29, 0.717) is 24.2 Å². The second kappa shape index (κ2) is 9.02. The van der Waals surface area contributed by atoms with E-state index in [4.69, 9.17) is 10.00 Å². The predicted molar refractivity (Wildman–Crippen MR) is 107 cm³/mol. The van der Waals surface area contributed by atoms with Gasteiger partial charge >= 0.3 is 5.97 Å². The highest BCUT2D eigenvalue weighted by molar-refractivity contribution is 5.98. The number of amides is 2. The van der Waals surface area contributed by atoms with Gasteiger partial charge in [-0.2, -0.15) is 5.26 Å². The summed E-state index contributed by atoms with van der Waals surface area (Å²) in [5.74, 6) is -1.09. The van der Waals surface area contributed by atoms with E-state index in [1.165, 1.54) is 6.92 Å². The molecule has 148 valence electrons. The average molecular weight is 391 g/mol. The van der Waals surface area contributed by atoms with Gasteiger partial charge in [-0.15, -0.1) is 0 Å². The summed E-state index contributed by atoms with van der Waals surface area (Å²) >= 11 is 0. The van der Waals surface area contributed by atoms with Gasteiger partial charge in [-0.3, -0.25) is 9.59 Å². The summed E-state index contributed by atoms with van der Waals surface area (Å²) in [4.78, 5) is 38.4. The summed E-state index contributed by atoms with van der Waals surface area (Å²) in [5.41, 5.74) is 1.71. The maximum absolute atomic E-state index is 12.4. The van der Waals surface area contributed by atoms with Gasteiger partial charge in [0.15, 0.2) is 6.10 Å². The van der Waals surface area contributed by atoms with Crippen LogP contribution in [0.1, 0.15) is 42.1 Å². The second-order valence-corrected chi connectivity index (χ2v) is 6.74. The van der Waals surface area contributed by atoms with Crippen LogP contribution in [0, 0.1) is 11.3 Å². The zero-order chi connectivity index (χ0) is 20.8.